The lowest BCUT2D eigenvalue weighted by atomic mass is 9.86. The Morgan fingerprint density at radius 3 is 2.40 bits per heavy atom. The van der Waals surface area contributed by atoms with Crippen LogP contribution >= 0.6 is 0 Å². The Bertz CT molecular complexity index is 1900. The van der Waals surface area contributed by atoms with E-state index in [1.807, 2.05) is 0 Å². The Balaban J connectivity index is 1.94. The van der Waals surface area contributed by atoms with Gasteiger partial charge in [0.2, 0.25) is 0 Å². The predicted molar refractivity (Wildman–Crippen MR) is 156 cm³/mol. The topological polar surface area (TPSA) is 133 Å². The number of aromatic carboxylic acids is 1. The summed E-state index contributed by atoms with van der Waals surface area (Å²) in [6.07, 6.45) is -11.7. The van der Waals surface area contributed by atoms with E-state index >= 15 is 0 Å². The van der Waals surface area contributed by atoms with Gasteiger partial charge in [-0.3, -0.25) is 4.99 Å². The molecule has 250 valence electrons. The van der Waals surface area contributed by atoms with Gasteiger partial charge in [0, 0.05) is 53.7 Å². The van der Waals surface area contributed by atoms with Crippen molar-refractivity contribution in [2.24, 2.45) is 4.99 Å². The number of methoxy groups -OCH3 is 1. The number of hydrogen-bond donors (Lipinski definition) is 3. The molecule has 3 aliphatic rings. The second-order valence-electron chi connectivity index (χ2n) is 11.3. The summed E-state index contributed by atoms with van der Waals surface area (Å²) in [7, 11) is 1.11. The molecule has 0 saturated heterocycles. The number of carboxylic acids is 1. The molecule has 9 nitrogen and oxygen atoms in total. The summed E-state index contributed by atoms with van der Waals surface area (Å²) < 4.78 is 91.1. The second-order valence-corrected chi connectivity index (χ2v) is 11.3. The molecule has 0 aromatic heterocycles. The van der Waals surface area contributed by atoms with Crippen LogP contribution in [0.1, 0.15) is 38.8 Å². The molecule has 0 spiro atoms. The van der Waals surface area contributed by atoms with Gasteiger partial charge in [-0.15, -0.1) is 0 Å². The van der Waals surface area contributed by atoms with Crippen molar-refractivity contribution in [1.82, 2.24) is 0 Å². The number of halogens is 6. The van der Waals surface area contributed by atoms with Crippen LogP contribution in [0, 0.1) is 0 Å². The number of fused-ring (bicyclic) bond motifs is 3. The number of aliphatic hydroxyl groups excluding tert-OH is 2. The van der Waals surface area contributed by atoms with E-state index in [2.05, 4.69) is 4.99 Å². The first-order valence-corrected chi connectivity index (χ1v) is 14.2. The molecule has 5 rings (SSSR count). The summed E-state index contributed by atoms with van der Waals surface area (Å²) in [5, 5.41) is 30.5. The zero-order valence-electron chi connectivity index (χ0n) is 24.9. The van der Waals surface area contributed by atoms with Crippen molar-refractivity contribution in [1.29, 1.82) is 0 Å². The SMILES string of the molecule is COC(=O)c1ccc(C(=O)O)cc1-c1c2cc(CC(C)O)c(=NCC(F)(F)F)cc-2oc2cc3c(cc12)CC(O)CN3CC(F)(F)F. The Kier molecular flexibility index (Phi) is 8.99. The van der Waals surface area contributed by atoms with E-state index in [0.717, 1.165) is 12.0 Å². The van der Waals surface area contributed by atoms with Crippen LogP contribution in [0.25, 0.3) is 33.4 Å². The lowest BCUT2D eigenvalue weighted by Gasteiger charge is -2.35. The number of anilines is 1. The number of alkyl halides is 6. The number of β-amino-alcohol motifs (C(OH)–C–C–N with tert-alkyl or cyclic N) is 1. The molecule has 3 N–H and O–H groups in total. The maximum atomic E-state index is 13.5. The number of hydrogen-bond acceptors (Lipinski definition) is 8. The third kappa shape index (κ3) is 7.36. The number of aliphatic hydroxyl groups is 2. The molecule has 2 atom stereocenters. The Labute approximate surface area is 262 Å². The summed E-state index contributed by atoms with van der Waals surface area (Å²) >= 11 is 0. The Morgan fingerprint density at radius 2 is 1.79 bits per heavy atom. The molecular formula is C32H28F6N2O7. The van der Waals surface area contributed by atoms with E-state index in [4.69, 9.17) is 9.15 Å². The predicted octanol–water partition coefficient (Wildman–Crippen LogP) is 5.36. The van der Waals surface area contributed by atoms with Crippen molar-refractivity contribution in [3.05, 3.63) is 70.1 Å². The lowest BCUT2D eigenvalue weighted by molar-refractivity contribution is -0.120. The van der Waals surface area contributed by atoms with E-state index in [9.17, 15) is 51.3 Å². The highest BCUT2D eigenvalue weighted by molar-refractivity contribution is 6.09. The first-order chi connectivity index (χ1) is 21.9. The van der Waals surface area contributed by atoms with Gasteiger partial charge in [0.1, 0.15) is 24.4 Å². The number of carbonyl (C=O) groups excluding carboxylic acids is 1. The van der Waals surface area contributed by atoms with Crippen LogP contribution in [-0.4, -0.2) is 78.6 Å². The van der Waals surface area contributed by atoms with E-state index < -0.39 is 49.6 Å². The first kappa shape index (κ1) is 33.7. The fourth-order valence-corrected chi connectivity index (χ4v) is 5.81. The van der Waals surface area contributed by atoms with Gasteiger partial charge in [-0.1, -0.05) is 0 Å². The molecule has 1 aliphatic carbocycles. The minimum atomic E-state index is -4.67. The molecule has 0 fully saturated rings. The van der Waals surface area contributed by atoms with Gasteiger partial charge in [0.05, 0.1) is 35.8 Å². The summed E-state index contributed by atoms with van der Waals surface area (Å²) in [5.41, 5.74) is 0.544. The number of esters is 1. The van der Waals surface area contributed by atoms with Crippen molar-refractivity contribution >= 4 is 28.6 Å². The van der Waals surface area contributed by atoms with Gasteiger partial charge < -0.3 is 29.4 Å². The van der Waals surface area contributed by atoms with E-state index in [0.29, 0.717) is 5.56 Å². The quantitative estimate of drug-likeness (QED) is 0.137. The van der Waals surface area contributed by atoms with E-state index in [-0.39, 0.29) is 80.5 Å². The normalized spacial score (nSPS) is 16.4. The zero-order valence-corrected chi connectivity index (χ0v) is 24.9. The summed E-state index contributed by atoms with van der Waals surface area (Å²) in [4.78, 5) is 29.6. The summed E-state index contributed by atoms with van der Waals surface area (Å²) in [6.45, 7) is -1.87. The number of carbonyl (C=O) groups is 2. The number of benzene rings is 3. The molecule has 15 heteroatoms. The molecular weight excluding hydrogens is 638 g/mol. The Morgan fingerprint density at radius 1 is 1.06 bits per heavy atom. The number of nitrogens with zero attached hydrogens (tertiary/aromatic N) is 2. The molecule has 0 radical (unpaired) electrons. The van der Waals surface area contributed by atoms with Gasteiger partial charge in [-0.05, 0) is 53.9 Å². The van der Waals surface area contributed by atoms with Crippen LogP contribution in [0.3, 0.4) is 0 Å². The van der Waals surface area contributed by atoms with Gasteiger partial charge in [0.15, 0.2) is 0 Å². The number of ether oxygens (including phenoxy) is 1. The molecule has 0 amide bonds. The van der Waals surface area contributed by atoms with Crippen molar-refractivity contribution in [2.75, 3.05) is 31.6 Å². The molecule has 2 aromatic carbocycles. The highest BCUT2D eigenvalue weighted by Gasteiger charge is 2.36. The van der Waals surface area contributed by atoms with Crippen LogP contribution in [0.15, 0.2) is 51.9 Å². The second kappa shape index (κ2) is 12.5. The molecule has 0 saturated carbocycles. The number of carboxylic acid groups (broad SMARTS) is 1. The van der Waals surface area contributed by atoms with Gasteiger partial charge >= 0.3 is 24.3 Å². The fraction of sp³-hybridized carbons (Fsp3) is 0.344. The molecule has 2 aliphatic heterocycles. The minimum absolute atomic E-state index is 0.0222. The van der Waals surface area contributed by atoms with Crippen LogP contribution in [0.4, 0.5) is 32.0 Å². The van der Waals surface area contributed by atoms with Gasteiger partial charge in [-0.25, -0.2) is 9.59 Å². The molecule has 2 unspecified atom stereocenters. The largest absolute Gasteiger partial charge is 0.478 e. The molecule has 2 heterocycles. The molecule has 47 heavy (non-hydrogen) atoms. The smallest absolute Gasteiger partial charge is 0.407 e. The van der Waals surface area contributed by atoms with Gasteiger partial charge in [0.25, 0.3) is 0 Å². The molecule has 2 aromatic rings. The van der Waals surface area contributed by atoms with Crippen molar-refractivity contribution in [2.45, 2.75) is 44.3 Å². The van der Waals surface area contributed by atoms with Gasteiger partial charge in [-0.2, -0.15) is 26.3 Å². The average molecular weight is 667 g/mol. The zero-order chi connectivity index (χ0) is 34.4. The fourth-order valence-electron chi connectivity index (χ4n) is 5.81. The van der Waals surface area contributed by atoms with Crippen molar-refractivity contribution in [3.63, 3.8) is 0 Å². The first-order valence-electron chi connectivity index (χ1n) is 14.2. The third-order valence-electron chi connectivity index (χ3n) is 7.60. The van der Waals surface area contributed by atoms with E-state index in [1.165, 1.54) is 49.4 Å². The third-order valence-corrected chi connectivity index (χ3v) is 7.60. The highest BCUT2D eigenvalue weighted by Crippen LogP contribution is 2.45. The van der Waals surface area contributed by atoms with Crippen molar-refractivity contribution < 1.29 is 60.4 Å². The van der Waals surface area contributed by atoms with Crippen molar-refractivity contribution in [3.8, 4) is 22.5 Å². The van der Waals surface area contributed by atoms with Crippen LogP contribution in [0.5, 0.6) is 0 Å². The summed E-state index contributed by atoms with van der Waals surface area (Å²) in [6, 6.07) is 8.98. The maximum Gasteiger partial charge on any atom is 0.407 e. The van der Waals surface area contributed by atoms with Crippen LogP contribution in [-0.2, 0) is 17.6 Å². The average Bonchev–Trinajstić information content (AvgIpc) is 2.96. The lowest BCUT2D eigenvalue weighted by Crippen LogP contribution is -2.43. The van der Waals surface area contributed by atoms with E-state index in [1.54, 1.807) is 0 Å². The molecule has 0 bridgehead atoms. The van der Waals surface area contributed by atoms with Crippen LogP contribution in [0.2, 0.25) is 0 Å². The number of rotatable bonds is 7. The minimum Gasteiger partial charge on any atom is -0.478 e. The monoisotopic (exact) mass is 666 g/mol. The van der Waals surface area contributed by atoms with Crippen LogP contribution < -0.4 is 10.3 Å². The standard InChI is InChI=1S/C32H28F6N2O7/c1-15(41)5-17-8-22-26(10-24(17)39-13-31(33,34)35)47-27-11-25-18(6-19(42)12-40(25)14-32(36,37)38)9-23(27)28(22)21-7-16(29(43)44)3-4-20(21)30(45)46-2/h3-4,7-11,15,19,41-42H,5-6,12-14H2,1-2H3,(H,43,44). The Hall–Kier alpha value is -4.63. The summed E-state index contributed by atoms with van der Waals surface area (Å²) in [5.74, 6) is -2.29. The maximum absolute atomic E-state index is 13.5. The highest BCUT2D eigenvalue weighted by atomic mass is 19.4.